The van der Waals surface area contributed by atoms with Gasteiger partial charge in [-0.25, -0.2) is 0 Å². The largest absolute Gasteiger partial charge is 0.402 e. The first kappa shape index (κ1) is 18.6. The maximum atomic E-state index is 12.8. The van der Waals surface area contributed by atoms with Crippen molar-refractivity contribution in [1.82, 2.24) is 9.03 Å². The molecule has 1 heterocycles. The Morgan fingerprint density at radius 1 is 1.22 bits per heavy atom. The quantitative estimate of drug-likeness (QED) is 0.603. The number of benzene rings is 1. The number of alkyl halides is 3. The fraction of sp³-hybridized carbons (Fsp3) is 0.625. The molecule has 0 aromatic heterocycles. The minimum absolute atomic E-state index is 0.0359. The molecule has 7 nitrogen and oxygen atoms in total. The van der Waals surface area contributed by atoms with E-state index in [4.69, 9.17) is 0 Å². The zero-order valence-corrected chi connectivity index (χ0v) is 15.0. The van der Waals surface area contributed by atoms with Crippen LogP contribution in [0.1, 0.15) is 24.0 Å². The molecular formula is C16H18F3N3O4S. The number of fused-ring (bicyclic) bond motifs is 1. The number of nitro benzene ring substituents is 1. The smallest absolute Gasteiger partial charge is 0.258 e. The van der Waals surface area contributed by atoms with Crippen LogP contribution in [0.4, 0.5) is 18.9 Å². The molecule has 1 N–H and O–H groups in total. The molecule has 2 fully saturated rings. The highest BCUT2D eigenvalue weighted by atomic mass is 32.2. The highest BCUT2D eigenvalue weighted by Crippen LogP contribution is 2.50. The second-order valence-corrected chi connectivity index (χ2v) is 9.29. The minimum atomic E-state index is -4.62. The second-order valence-electron chi connectivity index (χ2n) is 7.62. The summed E-state index contributed by atoms with van der Waals surface area (Å²) >= 11 is 0. The SMILES string of the molecule is O=[N+]([O-])c1ccc2c(c1)C[C@H]1CC[C@@H](C2)[C@]12CN(CC(F)(F)F)S(=O)(=O)N2. The van der Waals surface area contributed by atoms with E-state index in [1.54, 1.807) is 6.07 Å². The van der Waals surface area contributed by atoms with Crippen molar-refractivity contribution in [3.05, 3.63) is 39.4 Å². The van der Waals surface area contributed by atoms with Gasteiger partial charge in [-0.1, -0.05) is 6.07 Å². The van der Waals surface area contributed by atoms with Gasteiger partial charge in [-0.15, -0.1) is 0 Å². The van der Waals surface area contributed by atoms with E-state index < -0.39 is 33.4 Å². The van der Waals surface area contributed by atoms with Gasteiger partial charge in [0.25, 0.3) is 15.9 Å². The number of nitrogens with zero attached hydrogens (tertiary/aromatic N) is 2. The predicted molar refractivity (Wildman–Crippen MR) is 89.1 cm³/mol. The lowest BCUT2D eigenvalue weighted by molar-refractivity contribution is -0.384. The number of non-ortho nitro benzene ring substituents is 1. The third-order valence-electron chi connectivity index (χ3n) is 6.11. The molecule has 4 rings (SSSR count). The molecule has 3 atom stereocenters. The van der Waals surface area contributed by atoms with E-state index >= 15 is 0 Å². The van der Waals surface area contributed by atoms with E-state index in [9.17, 15) is 31.7 Å². The molecule has 1 saturated heterocycles. The lowest BCUT2D eigenvalue weighted by atomic mass is 9.79. The molecule has 148 valence electrons. The normalized spacial score (nSPS) is 32.4. The standard InChI is InChI=1S/C16H18F3N3O4S/c17-16(18,19)9-21-8-15(20-27(21,25)26)12-2-3-13(15)6-11-7-14(22(23)24)4-1-10(11)5-12/h1,4,7,12-13,20H,2-3,5-6,8-9H2/t12-,13+,15+/m0/s1. The van der Waals surface area contributed by atoms with Gasteiger partial charge in [-0.05, 0) is 48.6 Å². The molecule has 1 aromatic carbocycles. The van der Waals surface area contributed by atoms with Crippen molar-refractivity contribution in [3.8, 4) is 0 Å². The molecule has 0 radical (unpaired) electrons. The maximum absolute atomic E-state index is 12.8. The van der Waals surface area contributed by atoms with Crippen molar-refractivity contribution in [2.75, 3.05) is 13.1 Å². The van der Waals surface area contributed by atoms with E-state index in [1.165, 1.54) is 12.1 Å². The number of nitrogens with one attached hydrogen (secondary N) is 1. The van der Waals surface area contributed by atoms with Gasteiger partial charge in [-0.3, -0.25) is 10.1 Å². The molecule has 3 aliphatic rings. The average Bonchev–Trinajstić information content (AvgIpc) is 2.90. The van der Waals surface area contributed by atoms with Gasteiger partial charge in [0.05, 0.1) is 10.5 Å². The Hall–Kier alpha value is -1.72. The van der Waals surface area contributed by atoms with Crippen LogP contribution in [-0.2, 0) is 23.1 Å². The van der Waals surface area contributed by atoms with Crippen LogP contribution in [0.15, 0.2) is 18.2 Å². The van der Waals surface area contributed by atoms with Gasteiger partial charge >= 0.3 is 6.18 Å². The lowest BCUT2D eigenvalue weighted by Crippen LogP contribution is -2.52. The fourth-order valence-corrected chi connectivity index (χ4v) is 6.65. The van der Waals surface area contributed by atoms with E-state index in [0.717, 1.165) is 11.1 Å². The first-order chi connectivity index (χ1) is 12.5. The maximum Gasteiger partial charge on any atom is 0.402 e. The van der Waals surface area contributed by atoms with Crippen molar-refractivity contribution in [1.29, 1.82) is 0 Å². The summed E-state index contributed by atoms with van der Waals surface area (Å²) in [5, 5.41) is 11.0. The Morgan fingerprint density at radius 2 is 1.85 bits per heavy atom. The summed E-state index contributed by atoms with van der Waals surface area (Å²) in [6.07, 6.45) is -2.33. The van der Waals surface area contributed by atoms with Crippen LogP contribution in [0.25, 0.3) is 0 Å². The molecule has 0 unspecified atom stereocenters. The highest BCUT2D eigenvalue weighted by molar-refractivity contribution is 7.87. The molecule has 2 bridgehead atoms. The molecular weight excluding hydrogens is 387 g/mol. The van der Waals surface area contributed by atoms with E-state index in [2.05, 4.69) is 4.72 Å². The summed E-state index contributed by atoms with van der Waals surface area (Å²) < 4.78 is 66.3. The molecule has 1 aromatic rings. The van der Waals surface area contributed by atoms with Crippen molar-refractivity contribution in [3.63, 3.8) is 0 Å². The number of hydrogen-bond donors (Lipinski definition) is 1. The van der Waals surface area contributed by atoms with Gasteiger partial charge < -0.3 is 0 Å². The number of nitro groups is 1. The second kappa shape index (κ2) is 5.89. The van der Waals surface area contributed by atoms with Crippen LogP contribution in [0, 0.1) is 22.0 Å². The molecule has 1 saturated carbocycles. The topological polar surface area (TPSA) is 92.6 Å². The first-order valence-corrected chi connectivity index (χ1v) is 10.1. The number of rotatable bonds is 2. The summed E-state index contributed by atoms with van der Waals surface area (Å²) in [5.74, 6) is -0.336. The summed E-state index contributed by atoms with van der Waals surface area (Å²) in [6, 6.07) is 4.60. The Bertz CT molecular complexity index is 905. The van der Waals surface area contributed by atoms with E-state index in [0.29, 0.717) is 30.0 Å². The minimum Gasteiger partial charge on any atom is -0.258 e. The Labute approximate surface area is 153 Å². The highest BCUT2D eigenvalue weighted by Gasteiger charge is 2.60. The fourth-order valence-electron chi connectivity index (χ4n) is 4.94. The van der Waals surface area contributed by atoms with E-state index in [-0.39, 0.29) is 24.1 Å². The van der Waals surface area contributed by atoms with Crippen LogP contribution in [0.5, 0.6) is 0 Å². The Balaban J connectivity index is 1.69. The molecule has 27 heavy (non-hydrogen) atoms. The van der Waals surface area contributed by atoms with Crippen LogP contribution in [0.3, 0.4) is 0 Å². The van der Waals surface area contributed by atoms with Gasteiger partial charge in [0.2, 0.25) is 0 Å². The predicted octanol–water partition coefficient (Wildman–Crippen LogP) is 2.17. The Morgan fingerprint density at radius 3 is 2.44 bits per heavy atom. The van der Waals surface area contributed by atoms with Crippen molar-refractivity contribution >= 4 is 15.9 Å². The zero-order valence-electron chi connectivity index (χ0n) is 14.2. The van der Waals surface area contributed by atoms with Crippen LogP contribution in [0.2, 0.25) is 0 Å². The third-order valence-corrected chi connectivity index (χ3v) is 7.68. The summed E-state index contributed by atoms with van der Waals surface area (Å²) in [7, 11) is -4.22. The number of hydrogen-bond acceptors (Lipinski definition) is 4. The first-order valence-electron chi connectivity index (χ1n) is 8.62. The van der Waals surface area contributed by atoms with Gasteiger partial charge in [0, 0.05) is 18.7 Å². The van der Waals surface area contributed by atoms with Crippen molar-refractivity contribution in [2.24, 2.45) is 11.8 Å². The van der Waals surface area contributed by atoms with Gasteiger partial charge in [0.15, 0.2) is 0 Å². The van der Waals surface area contributed by atoms with E-state index in [1.807, 2.05) is 0 Å². The average molecular weight is 405 g/mol. The van der Waals surface area contributed by atoms with Crippen LogP contribution >= 0.6 is 0 Å². The lowest BCUT2D eigenvalue weighted by Gasteiger charge is -2.33. The Kier molecular flexibility index (Phi) is 4.06. The molecule has 2 aliphatic carbocycles. The summed E-state index contributed by atoms with van der Waals surface area (Å²) in [6.45, 7) is -1.73. The molecule has 11 heteroatoms. The van der Waals surface area contributed by atoms with Crippen molar-refractivity contribution in [2.45, 2.75) is 37.4 Å². The summed E-state index contributed by atoms with van der Waals surface area (Å²) in [5.41, 5.74) is 0.689. The third kappa shape index (κ3) is 3.11. The molecule has 1 spiro atoms. The van der Waals surface area contributed by atoms with Crippen LogP contribution in [-0.4, -0.2) is 42.5 Å². The monoisotopic (exact) mass is 405 g/mol. The van der Waals surface area contributed by atoms with Crippen molar-refractivity contribution < 1.29 is 26.5 Å². The van der Waals surface area contributed by atoms with Gasteiger partial charge in [0.1, 0.15) is 6.54 Å². The van der Waals surface area contributed by atoms with Gasteiger partial charge in [-0.2, -0.15) is 30.6 Å². The summed E-state index contributed by atoms with van der Waals surface area (Å²) in [4.78, 5) is 10.6. The zero-order chi connectivity index (χ0) is 19.6. The number of halogens is 3. The molecule has 0 amide bonds. The van der Waals surface area contributed by atoms with Crippen LogP contribution < -0.4 is 4.72 Å². The molecule has 1 aliphatic heterocycles.